The number of fused-ring (bicyclic) bond motifs is 1. The number of aromatic nitrogens is 2. The molecule has 3 aromatic rings. The molecule has 2 aromatic carbocycles. The van der Waals surface area contributed by atoms with Crippen molar-refractivity contribution in [2.75, 3.05) is 6.61 Å². The third-order valence-corrected chi connectivity index (χ3v) is 6.05. The minimum atomic E-state index is -0.459. The molecule has 3 N–H and O–H groups in total. The van der Waals surface area contributed by atoms with E-state index in [2.05, 4.69) is 21.6 Å². The Hall–Kier alpha value is -2.63. The minimum Gasteiger partial charge on any atom is -0.394 e. The van der Waals surface area contributed by atoms with Gasteiger partial charge in [0.1, 0.15) is 0 Å². The lowest BCUT2D eigenvalue weighted by molar-refractivity contribution is 0.0910. The number of rotatable bonds is 6. The Labute approximate surface area is 181 Å². The molecule has 1 aliphatic rings. The van der Waals surface area contributed by atoms with Gasteiger partial charge in [-0.2, -0.15) is 5.10 Å². The normalized spacial score (nSPS) is 17.1. The number of aromatic amines is 1. The van der Waals surface area contributed by atoms with E-state index in [-0.39, 0.29) is 18.4 Å². The Bertz CT molecular complexity index is 1000. The second kappa shape index (κ2) is 9.45. The van der Waals surface area contributed by atoms with Gasteiger partial charge in [0.15, 0.2) is 5.69 Å². The van der Waals surface area contributed by atoms with Crippen LogP contribution < -0.4 is 5.32 Å². The van der Waals surface area contributed by atoms with Gasteiger partial charge in [0.2, 0.25) is 0 Å². The highest BCUT2D eigenvalue weighted by atomic mass is 35.5. The van der Waals surface area contributed by atoms with Crippen LogP contribution in [0.3, 0.4) is 0 Å². The molecule has 0 aliphatic heterocycles. The number of carbonyl (C=O) groups excluding carboxylic acids is 1. The van der Waals surface area contributed by atoms with Crippen LogP contribution in [0.5, 0.6) is 0 Å². The molecule has 5 nitrogen and oxygen atoms in total. The van der Waals surface area contributed by atoms with E-state index in [0.29, 0.717) is 5.69 Å². The minimum absolute atomic E-state index is 0.167. The summed E-state index contributed by atoms with van der Waals surface area (Å²) in [4.78, 5) is 13.0. The molecule has 1 amide bonds. The zero-order valence-corrected chi connectivity index (χ0v) is 17.5. The summed E-state index contributed by atoms with van der Waals surface area (Å²) in [5, 5.41) is 21.0. The third-order valence-electron chi connectivity index (χ3n) is 5.81. The average Bonchev–Trinajstić information content (AvgIpc) is 3.09. The van der Waals surface area contributed by atoms with Crippen LogP contribution in [0.4, 0.5) is 0 Å². The summed E-state index contributed by atoms with van der Waals surface area (Å²) in [6.45, 7) is -0.167. The first-order valence-corrected chi connectivity index (χ1v) is 10.8. The maximum atomic E-state index is 13.0. The number of amides is 1. The van der Waals surface area contributed by atoms with Gasteiger partial charge in [-0.15, -0.1) is 0 Å². The molecule has 0 spiro atoms. The zero-order chi connectivity index (χ0) is 20.9. The fourth-order valence-corrected chi connectivity index (χ4v) is 4.51. The molecule has 0 bridgehead atoms. The van der Waals surface area contributed by atoms with Crippen LogP contribution in [0.15, 0.2) is 54.6 Å². The molecule has 4 rings (SSSR count). The molecular formula is C24H26ClN3O2. The fraction of sp³-hybridized carbons (Fsp3) is 0.333. The quantitative estimate of drug-likeness (QED) is 0.508. The number of hydrogen-bond donors (Lipinski definition) is 3. The second-order valence-electron chi connectivity index (χ2n) is 7.86. The van der Waals surface area contributed by atoms with E-state index in [1.807, 2.05) is 48.5 Å². The summed E-state index contributed by atoms with van der Waals surface area (Å²) in [5.74, 6) is 0.0246. The standard InChI is InChI=1S/C24H26ClN3O2/c25-19-11-6-7-16(14-19)13-18-10-4-5-12-20-22(18)27-28-23(20)24(30)26-21(15-29)17-8-2-1-3-9-17/h1-3,6-9,11,14,18,21,29H,4-5,10,12-13,15H2,(H,26,30)(H,27,28)/t18-,21+/m1/s1. The number of carbonyl (C=O) groups is 1. The number of hydrogen-bond acceptors (Lipinski definition) is 3. The third kappa shape index (κ3) is 4.58. The summed E-state index contributed by atoms with van der Waals surface area (Å²) in [6, 6.07) is 17.0. The molecule has 0 radical (unpaired) electrons. The molecule has 0 saturated heterocycles. The summed E-state index contributed by atoms with van der Waals surface area (Å²) in [7, 11) is 0. The predicted molar refractivity (Wildman–Crippen MR) is 118 cm³/mol. The molecule has 0 fully saturated rings. The van der Waals surface area contributed by atoms with Crippen molar-refractivity contribution in [2.24, 2.45) is 0 Å². The van der Waals surface area contributed by atoms with E-state index in [1.54, 1.807) is 0 Å². The lowest BCUT2D eigenvalue weighted by atomic mass is 9.91. The molecular weight excluding hydrogens is 398 g/mol. The van der Waals surface area contributed by atoms with Gasteiger partial charge in [-0.1, -0.05) is 60.5 Å². The van der Waals surface area contributed by atoms with E-state index in [0.717, 1.165) is 53.9 Å². The Balaban J connectivity index is 1.56. The number of aliphatic hydroxyl groups is 1. The van der Waals surface area contributed by atoms with Crippen molar-refractivity contribution in [2.45, 2.75) is 44.1 Å². The topological polar surface area (TPSA) is 78.0 Å². The lowest BCUT2D eigenvalue weighted by Crippen LogP contribution is -2.31. The van der Waals surface area contributed by atoms with E-state index in [4.69, 9.17) is 11.6 Å². The predicted octanol–water partition coefficient (Wildman–Crippen LogP) is 4.58. The van der Waals surface area contributed by atoms with Crippen LogP contribution >= 0.6 is 11.6 Å². The van der Waals surface area contributed by atoms with Gasteiger partial charge in [0.25, 0.3) is 5.91 Å². The largest absolute Gasteiger partial charge is 0.394 e. The van der Waals surface area contributed by atoms with Crippen molar-refractivity contribution >= 4 is 17.5 Å². The van der Waals surface area contributed by atoms with Gasteiger partial charge < -0.3 is 10.4 Å². The highest BCUT2D eigenvalue weighted by Crippen LogP contribution is 2.33. The van der Waals surface area contributed by atoms with Crippen molar-refractivity contribution in [1.82, 2.24) is 15.5 Å². The smallest absolute Gasteiger partial charge is 0.272 e. The number of H-pyrrole nitrogens is 1. The summed E-state index contributed by atoms with van der Waals surface area (Å²) in [5.41, 5.74) is 4.55. The maximum absolute atomic E-state index is 13.0. The lowest BCUT2D eigenvalue weighted by Gasteiger charge is -2.17. The highest BCUT2D eigenvalue weighted by molar-refractivity contribution is 6.30. The summed E-state index contributed by atoms with van der Waals surface area (Å²) in [6.07, 6.45) is 4.88. The highest BCUT2D eigenvalue weighted by Gasteiger charge is 2.28. The van der Waals surface area contributed by atoms with Crippen molar-refractivity contribution in [3.05, 3.63) is 87.7 Å². The number of aliphatic hydroxyl groups excluding tert-OH is 1. The molecule has 1 aromatic heterocycles. The molecule has 0 unspecified atom stereocenters. The van der Waals surface area contributed by atoms with Crippen molar-refractivity contribution in [3.8, 4) is 0 Å². The molecule has 6 heteroatoms. The van der Waals surface area contributed by atoms with Gasteiger partial charge in [-0.05, 0) is 48.9 Å². The van der Waals surface area contributed by atoms with Gasteiger partial charge >= 0.3 is 0 Å². The Morgan fingerprint density at radius 3 is 2.80 bits per heavy atom. The van der Waals surface area contributed by atoms with E-state index < -0.39 is 6.04 Å². The summed E-state index contributed by atoms with van der Waals surface area (Å²) < 4.78 is 0. The Morgan fingerprint density at radius 2 is 2.03 bits per heavy atom. The number of benzene rings is 2. The molecule has 30 heavy (non-hydrogen) atoms. The van der Waals surface area contributed by atoms with Crippen LogP contribution in [-0.4, -0.2) is 27.8 Å². The van der Waals surface area contributed by atoms with Crippen LogP contribution in [-0.2, 0) is 12.8 Å². The molecule has 1 aliphatic carbocycles. The number of nitrogens with one attached hydrogen (secondary N) is 2. The number of nitrogens with zero attached hydrogens (tertiary/aromatic N) is 1. The maximum Gasteiger partial charge on any atom is 0.272 e. The van der Waals surface area contributed by atoms with Gasteiger partial charge in [-0.3, -0.25) is 9.89 Å². The van der Waals surface area contributed by atoms with Gasteiger partial charge in [-0.25, -0.2) is 0 Å². The van der Waals surface area contributed by atoms with Crippen molar-refractivity contribution < 1.29 is 9.90 Å². The Kier molecular flexibility index (Phi) is 6.50. The van der Waals surface area contributed by atoms with E-state index in [1.165, 1.54) is 5.56 Å². The van der Waals surface area contributed by atoms with Gasteiger partial charge in [0.05, 0.1) is 12.6 Å². The Morgan fingerprint density at radius 1 is 1.20 bits per heavy atom. The van der Waals surface area contributed by atoms with Crippen LogP contribution in [0.1, 0.15) is 64.1 Å². The van der Waals surface area contributed by atoms with Crippen LogP contribution in [0.25, 0.3) is 0 Å². The first-order chi connectivity index (χ1) is 14.7. The molecule has 1 heterocycles. The zero-order valence-electron chi connectivity index (χ0n) is 16.8. The van der Waals surface area contributed by atoms with Gasteiger partial charge in [0, 0.05) is 22.2 Å². The van der Waals surface area contributed by atoms with Crippen LogP contribution in [0.2, 0.25) is 5.02 Å². The van der Waals surface area contributed by atoms with E-state index in [9.17, 15) is 9.90 Å². The monoisotopic (exact) mass is 423 g/mol. The fourth-order valence-electron chi connectivity index (χ4n) is 4.29. The van der Waals surface area contributed by atoms with E-state index >= 15 is 0 Å². The van der Waals surface area contributed by atoms with Crippen molar-refractivity contribution in [1.29, 1.82) is 0 Å². The molecule has 0 saturated carbocycles. The molecule has 156 valence electrons. The summed E-state index contributed by atoms with van der Waals surface area (Å²) >= 11 is 6.16. The molecule has 2 atom stereocenters. The second-order valence-corrected chi connectivity index (χ2v) is 8.30. The first kappa shape index (κ1) is 20.6. The SMILES string of the molecule is O=C(N[C@@H](CO)c1ccccc1)c1n[nH]c2c1CCCC[C@@H]2Cc1cccc(Cl)c1. The number of halogens is 1. The van der Waals surface area contributed by atoms with Crippen LogP contribution in [0, 0.1) is 0 Å². The average molecular weight is 424 g/mol. The first-order valence-electron chi connectivity index (χ1n) is 10.4. The van der Waals surface area contributed by atoms with Crippen molar-refractivity contribution in [3.63, 3.8) is 0 Å².